The van der Waals surface area contributed by atoms with E-state index in [1.807, 2.05) is 30.3 Å². The number of benzene rings is 2. The molecule has 3 N–H and O–H groups in total. The number of amides is 2. The minimum Gasteiger partial charge on any atom is -0.480 e. The van der Waals surface area contributed by atoms with Crippen LogP contribution in [0, 0.1) is 5.82 Å². The number of para-hydroxylation sites is 1. The second-order valence-electron chi connectivity index (χ2n) is 7.15. The highest BCUT2D eigenvalue weighted by atomic mass is 19.1. The van der Waals surface area contributed by atoms with Gasteiger partial charge in [-0.1, -0.05) is 42.5 Å². The van der Waals surface area contributed by atoms with Gasteiger partial charge in [-0.15, -0.1) is 0 Å². The highest BCUT2D eigenvalue weighted by Crippen LogP contribution is 2.14. The Balaban J connectivity index is 1.76. The van der Waals surface area contributed by atoms with Crippen LogP contribution in [0.2, 0.25) is 0 Å². The highest BCUT2D eigenvalue weighted by Gasteiger charge is 2.27. The Labute approximate surface area is 178 Å². The zero-order valence-corrected chi connectivity index (χ0v) is 16.8. The number of hydrogen-bond donors (Lipinski definition) is 3. The summed E-state index contributed by atoms with van der Waals surface area (Å²) < 4.78 is 14.0. The number of fused-ring (bicyclic) bond motifs is 1. The van der Waals surface area contributed by atoms with Gasteiger partial charge in [-0.05, 0) is 23.8 Å². The fourth-order valence-corrected chi connectivity index (χ4v) is 3.24. The number of aliphatic carboxylic acids is 1. The SMILES string of the molecule is CC(=O)N[C@@H](Cc1ccccc1F)C(=O)N[C@@H](Cc1ccc2ccccc2n1)C(=O)O. The maximum atomic E-state index is 14.0. The first-order chi connectivity index (χ1) is 14.8. The van der Waals surface area contributed by atoms with Crippen LogP contribution in [0.4, 0.5) is 4.39 Å². The van der Waals surface area contributed by atoms with E-state index in [2.05, 4.69) is 15.6 Å². The monoisotopic (exact) mass is 423 g/mol. The van der Waals surface area contributed by atoms with Gasteiger partial charge in [-0.25, -0.2) is 9.18 Å². The number of carboxylic acids is 1. The molecular weight excluding hydrogens is 401 g/mol. The lowest BCUT2D eigenvalue weighted by molar-refractivity contribution is -0.142. The third-order valence-electron chi connectivity index (χ3n) is 4.76. The fraction of sp³-hybridized carbons (Fsp3) is 0.217. The van der Waals surface area contributed by atoms with E-state index in [1.54, 1.807) is 12.1 Å². The van der Waals surface area contributed by atoms with Gasteiger partial charge in [-0.3, -0.25) is 14.6 Å². The quantitative estimate of drug-likeness (QED) is 0.515. The van der Waals surface area contributed by atoms with Gasteiger partial charge < -0.3 is 15.7 Å². The van der Waals surface area contributed by atoms with Crippen LogP contribution >= 0.6 is 0 Å². The van der Waals surface area contributed by atoms with Gasteiger partial charge in [0.25, 0.3) is 0 Å². The number of carbonyl (C=O) groups excluding carboxylic acids is 2. The first-order valence-electron chi connectivity index (χ1n) is 9.72. The smallest absolute Gasteiger partial charge is 0.326 e. The lowest BCUT2D eigenvalue weighted by Gasteiger charge is -2.21. The van der Waals surface area contributed by atoms with Crippen molar-refractivity contribution in [2.45, 2.75) is 31.8 Å². The summed E-state index contributed by atoms with van der Waals surface area (Å²) in [7, 11) is 0. The summed E-state index contributed by atoms with van der Waals surface area (Å²) >= 11 is 0. The highest BCUT2D eigenvalue weighted by molar-refractivity contribution is 5.90. The number of hydrogen-bond acceptors (Lipinski definition) is 4. The molecule has 0 aliphatic carbocycles. The molecule has 0 bridgehead atoms. The number of rotatable bonds is 8. The van der Waals surface area contributed by atoms with Crippen molar-refractivity contribution in [2.75, 3.05) is 0 Å². The lowest BCUT2D eigenvalue weighted by atomic mass is 10.0. The number of nitrogens with one attached hydrogen (secondary N) is 2. The Morgan fingerprint density at radius 1 is 0.935 bits per heavy atom. The van der Waals surface area contributed by atoms with Crippen LogP contribution in [0.15, 0.2) is 60.7 Å². The van der Waals surface area contributed by atoms with Gasteiger partial charge >= 0.3 is 5.97 Å². The van der Waals surface area contributed by atoms with Gasteiger partial charge in [0, 0.05) is 30.8 Å². The van der Waals surface area contributed by atoms with Crippen molar-refractivity contribution in [1.29, 1.82) is 0 Å². The number of pyridine rings is 1. The maximum Gasteiger partial charge on any atom is 0.326 e. The summed E-state index contributed by atoms with van der Waals surface area (Å²) in [5.74, 6) is -2.96. The lowest BCUT2D eigenvalue weighted by Crippen LogP contribution is -2.52. The Morgan fingerprint density at radius 3 is 2.35 bits per heavy atom. The normalized spacial score (nSPS) is 12.7. The van der Waals surface area contributed by atoms with E-state index < -0.39 is 35.7 Å². The molecule has 8 heteroatoms. The largest absolute Gasteiger partial charge is 0.480 e. The van der Waals surface area contributed by atoms with Gasteiger partial charge in [-0.2, -0.15) is 0 Å². The van der Waals surface area contributed by atoms with E-state index in [9.17, 15) is 23.9 Å². The number of carboxylic acid groups (broad SMARTS) is 1. The molecule has 0 saturated heterocycles. The zero-order valence-electron chi connectivity index (χ0n) is 16.8. The molecule has 2 amide bonds. The van der Waals surface area contributed by atoms with Crippen LogP contribution in [0.3, 0.4) is 0 Å². The van der Waals surface area contributed by atoms with E-state index in [-0.39, 0.29) is 18.4 Å². The number of carbonyl (C=O) groups is 3. The predicted octanol–water partition coefficient (Wildman–Crippen LogP) is 2.23. The van der Waals surface area contributed by atoms with Crippen molar-refractivity contribution in [3.05, 3.63) is 77.7 Å². The van der Waals surface area contributed by atoms with Gasteiger partial charge in [0.1, 0.15) is 17.9 Å². The average Bonchev–Trinajstić information content (AvgIpc) is 2.73. The van der Waals surface area contributed by atoms with E-state index in [4.69, 9.17) is 0 Å². The van der Waals surface area contributed by atoms with Gasteiger partial charge in [0.15, 0.2) is 0 Å². The Hall–Kier alpha value is -3.81. The molecule has 2 atom stereocenters. The van der Waals surface area contributed by atoms with E-state index in [1.165, 1.54) is 25.1 Å². The van der Waals surface area contributed by atoms with Crippen LogP contribution < -0.4 is 10.6 Å². The van der Waals surface area contributed by atoms with Crippen LogP contribution in [0.5, 0.6) is 0 Å². The van der Waals surface area contributed by atoms with Crippen LogP contribution in [0.25, 0.3) is 10.9 Å². The maximum absolute atomic E-state index is 14.0. The van der Waals surface area contributed by atoms with Crippen LogP contribution in [0.1, 0.15) is 18.2 Å². The Morgan fingerprint density at radius 2 is 1.65 bits per heavy atom. The second kappa shape index (κ2) is 9.80. The van der Waals surface area contributed by atoms with Crippen molar-refractivity contribution in [2.24, 2.45) is 0 Å². The Bertz CT molecular complexity index is 1120. The van der Waals surface area contributed by atoms with Crippen molar-refractivity contribution in [3.8, 4) is 0 Å². The molecule has 0 saturated carbocycles. The molecule has 0 spiro atoms. The number of aromatic nitrogens is 1. The van der Waals surface area contributed by atoms with E-state index in [0.717, 1.165) is 5.39 Å². The third-order valence-corrected chi connectivity index (χ3v) is 4.76. The zero-order chi connectivity index (χ0) is 22.4. The summed E-state index contributed by atoms with van der Waals surface area (Å²) in [6.45, 7) is 1.23. The molecule has 3 rings (SSSR count). The first-order valence-corrected chi connectivity index (χ1v) is 9.72. The van der Waals surface area contributed by atoms with Crippen molar-refractivity contribution in [3.63, 3.8) is 0 Å². The molecule has 7 nitrogen and oxygen atoms in total. The summed E-state index contributed by atoms with van der Waals surface area (Å²) in [5, 5.41) is 15.4. The van der Waals surface area contributed by atoms with Crippen molar-refractivity contribution >= 4 is 28.7 Å². The van der Waals surface area contributed by atoms with Crippen molar-refractivity contribution < 1.29 is 23.9 Å². The Kier molecular flexibility index (Phi) is 6.92. The van der Waals surface area contributed by atoms with Crippen LogP contribution in [-0.4, -0.2) is 40.0 Å². The van der Waals surface area contributed by atoms with E-state index in [0.29, 0.717) is 11.2 Å². The molecule has 160 valence electrons. The number of halogens is 1. The molecule has 0 unspecified atom stereocenters. The van der Waals surface area contributed by atoms with Gasteiger partial charge in [0.2, 0.25) is 11.8 Å². The summed E-state index contributed by atoms with van der Waals surface area (Å²) in [6, 6.07) is 14.4. The first kappa shape index (κ1) is 21.9. The molecule has 1 heterocycles. The summed E-state index contributed by atoms with van der Waals surface area (Å²) in [5.41, 5.74) is 1.45. The molecule has 0 aliphatic rings. The molecule has 0 fully saturated rings. The standard InChI is InChI=1S/C23H22FN3O4/c1-14(28)25-20(12-16-7-2-4-8-18(16)24)22(29)27-21(23(30)31)13-17-11-10-15-6-3-5-9-19(15)26-17/h2-11,20-21H,12-13H2,1H3,(H,25,28)(H,27,29)(H,30,31)/t20-,21-/m0/s1. The molecule has 2 aromatic carbocycles. The van der Waals surface area contributed by atoms with Crippen molar-refractivity contribution in [1.82, 2.24) is 15.6 Å². The molecule has 0 radical (unpaired) electrons. The number of nitrogens with zero attached hydrogens (tertiary/aromatic N) is 1. The van der Waals surface area contributed by atoms with Gasteiger partial charge in [0.05, 0.1) is 5.52 Å². The van der Waals surface area contributed by atoms with Crippen LogP contribution in [-0.2, 0) is 27.2 Å². The molecule has 31 heavy (non-hydrogen) atoms. The topological polar surface area (TPSA) is 108 Å². The summed E-state index contributed by atoms with van der Waals surface area (Å²) in [6.07, 6.45) is -0.156. The van der Waals surface area contributed by atoms with E-state index >= 15 is 0 Å². The second-order valence-corrected chi connectivity index (χ2v) is 7.15. The molecule has 0 aliphatic heterocycles. The minimum atomic E-state index is -1.27. The predicted molar refractivity (Wildman–Crippen MR) is 113 cm³/mol. The molecular formula is C23H22FN3O4. The third kappa shape index (κ3) is 5.85. The summed E-state index contributed by atoms with van der Waals surface area (Å²) in [4.78, 5) is 40.6. The molecule has 1 aromatic heterocycles. The fourth-order valence-electron chi connectivity index (χ4n) is 3.24. The minimum absolute atomic E-state index is 0.0433. The average molecular weight is 423 g/mol. The molecule has 3 aromatic rings.